The Morgan fingerprint density at radius 2 is 2.00 bits per heavy atom. The molecular weight excluding hydrogens is 280 g/mol. The molecule has 104 valence electrons. The molecule has 7 nitrogen and oxygen atoms in total. The molecule has 20 heavy (non-hydrogen) atoms. The second kappa shape index (κ2) is 6.29. The number of nitrogens with zero attached hydrogens (tertiary/aromatic N) is 4. The summed E-state index contributed by atoms with van der Waals surface area (Å²) in [6.45, 7) is 1.52. The van der Waals surface area contributed by atoms with Crippen molar-refractivity contribution in [3.8, 4) is 0 Å². The molecule has 0 aliphatic rings. The number of Topliss-reactive ketones (excluding diaryl/α,β-unsaturated/α-hetero) is 1. The van der Waals surface area contributed by atoms with Crippen LogP contribution in [0, 0.1) is 0 Å². The van der Waals surface area contributed by atoms with E-state index < -0.39 is 5.97 Å². The molecule has 0 unspecified atom stereocenters. The third-order valence-corrected chi connectivity index (χ3v) is 3.47. The lowest BCUT2D eigenvalue weighted by atomic mass is 10.1. The van der Waals surface area contributed by atoms with Crippen LogP contribution in [-0.2, 0) is 11.3 Å². The van der Waals surface area contributed by atoms with E-state index in [9.17, 15) is 9.59 Å². The third kappa shape index (κ3) is 3.41. The molecule has 0 aliphatic heterocycles. The molecule has 0 atom stereocenters. The zero-order valence-corrected chi connectivity index (χ0v) is 11.5. The number of carboxylic acid groups (broad SMARTS) is 1. The smallest absolute Gasteiger partial charge is 0.325 e. The number of benzene rings is 1. The van der Waals surface area contributed by atoms with Crippen LogP contribution in [0.1, 0.15) is 23.7 Å². The number of hydrogen-bond donors (Lipinski definition) is 1. The molecule has 0 aliphatic carbocycles. The van der Waals surface area contributed by atoms with Crippen LogP contribution in [0.5, 0.6) is 0 Å². The van der Waals surface area contributed by atoms with Crippen molar-refractivity contribution in [1.82, 2.24) is 20.2 Å². The van der Waals surface area contributed by atoms with E-state index in [2.05, 4.69) is 15.5 Å². The SMILES string of the molecule is CCC(=O)c1ccc(Sc2nnnn2CC(=O)O)cc1. The molecule has 0 saturated heterocycles. The average molecular weight is 292 g/mol. The van der Waals surface area contributed by atoms with Gasteiger partial charge >= 0.3 is 5.97 Å². The Hall–Kier alpha value is -2.22. The Balaban J connectivity index is 2.12. The molecule has 0 radical (unpaired) electrons. The van der Waals surface area contributed by atoms with Gasteiger partial charge in [0.25, 0.3) is 0 Å². The number of rotatable bonds is 6. The summed E-state index contributed by atoms with van der Waals surface area (Å²) in [5, 5.41) is 20.0. The molecule has 8 heteroatoms. The predicted molar refractivity (Wildman–Crippen MR) is 70.6 cm³/mol. The highest BCUT2D eigenvalue weighted by Crippen LogP contribution is 2.25. The van der Waals surface area contributed by atoms with Gasteiger partial charge in [-0.15, -0.1) is 5.10 Å². The van der Waals surface area contributed by atoms with Crippen LogP contribution in [0.3, 0.4) is 0 Å². The van der Waals surface area contributed by atoms with E-state index in [0.29, 0.717) is 17.1 Å². The maximum absolute atomic E-state index is 11.5. The number of carbonyl (C=O) groups excluding carboxylic acids is 1. The van der Waals surface area contributed by atoms with Crippen molar-refractivity contribution in [2.45, 2.75) is 29.9 Å². The van der Waals surface area contributed by atoms with Gasteiger partial charge in [0.05, 0.1) is 0 Å². The maximum Gasteiger partial charge on any atom is 0.325 e. The van der Waals surface area contributed by atoms with Gasteiger partial charge in [0, 0.05) is 16.9 Å². The van der Waals surface area contributed by atoms with Crippen LogP contribution in [0.4, 0.5) is 0 Å². The van der Waals surface area contributed by atoms with Crippen LogP contribution in [0.15, 0.2) is 34.3 Å². The van der Waals surface area contributed by atoms with Gasteiger partial charge in [0.2, 0.25) is 5.16 Å². The molecule has 1 aromatic carbocycles. The minimum atomic E-state index is -1.01. The van der Waals surface area contributed by atoms with Crippen molar-refractivity contribution in [3.05, 3.63) is 29.8 Å². The maximum atomic E-state index is 11.5. The first kappa shape index (κ1) is 14.2. The minimum absolute atomic E-state index is 0.0808. The van der Waals surface area contributed by atoms with Crippen LogP contribution in [-0.4, -0.2) is 37.1 Å². The average Bonchev–Trinajstić information content (AvgIpc) is 2.85. The van der Waals surface area contributed by atoms with Crippen molar-refractivity contribution < 1.29 is 14.7 Å². The lowest BCUT2D eigenvalue weighted by Gasteiger charge is -2.03. The van der Waals surface area contributed by atoms with Gasteiger partial charge in [-0.05, 0) is 34.3 Å². The predicted octanol–water partition coefficient (Wildman–Crippen LogP) is 1.50. The van der Waals surface area contributed by atoms with E-state index in [1.807, 2.05) is 6.92 Å². The number of carbonyl (C=O) groups is 2. The monoisotopic (exact) mass is 292 g/mol. The van der Waals surface area contributed by atoms with Gasteiger partial charge in [0.1, 0.15) is 6.54 Å². The van der Waals surface area contributed by atoms with Gasteiger partial charge in [-0.25, -0.2) is 4.68 Å². The summed E-state index contributed by atoms with van der Waals surface area (Å²) in [6, 6.07) is 7.04. The number of ketones is 1. The summed E-state index contributed by atoms with van der Waals surface area (Å²) in [7, 11) is 0. The number of hydrogen-bond acceptors (Lipinski definition) is 6. The molecule has 0 saturated carbocycles. The highest BCUT2D eigenvalue weighted by Gasteiger charge is 2.11. The molecule has 1 N–H and O–H groups in total. The van der Waals surface area contributed by atoms with Crippen LogP contribution in [0.2, 0.25) is 0 Å². The van der Waals surface area contributed by atoms with Gasteiger partial charge in [-0.1, -0.05) is 19.1 Å². The third-order valence-electron chi connectivity index (χ3n) is 2.49. The lowest BCUT2D eigenvalue weighted by Crippen LogP contribution is -2.11. The molecule has 0 amide bonds. The second-order valence-electron chi connectivity index (χ2n) is 3.92. The number of tetrazole rings is 1. The zero-order valence-electron chi connectivity index (χ0n) is 10.7. The molecule has 2 rings (SSSR count). The topological polar surface area (TPSA) is 98.0 Å². The zero-order chi connectivity index (χ0) is 14.5. The van der Waals surface area contributed by atoms with E-state index in [1.54, 1.807) is 24.3 Å². The van der Waals surface area contributed by atoms with Crippen LogP contribution < -0.4 is 0 Å². The first-order chi connectivity index (χ1) is 9.60. The fourth-order valence-corrected chi connectivity index (χ4v) is 2.28. The summed E-state index contributed by atoms with van der Waals surface area (Å²) in [4.78, 5) is 23.0. The Morgan fingerprint density at radius 3 is 2.60 bits per heavy atom. The molecular formula is C12H12N4O3S. The highest BCUT2D eigenvalue weighted by atomic mass is 32.2. The van der Waals surface area contributed by atoms with Crippen LogP contribution >= 0.6 is 11.8 Å². The van der Waals surface area contributed by atoms with E-state index in [4.69, 9.17) is 5.11 Å². The number of aromatic nitrogens is 4. The Labute approximate surface area is 119 Å². The quantitative estimate of drug-likeness (QED) is 0.805. The summed E-state index contributed by atoms with van der Waals surface area (Å²) in [5.74, 6) is -0.930. The van der Waals surface area contributed by atoms with E-state index in [-0.39, 0.29) is 12.3 Å². The summed E-state index contributed by atoms with van der Waals surface area (Å²) >= 11 is 1.24. The number of aliphatic carboxylic acids is 1. The standard InChI is InChI=1S/C12H12N4O3S/c1-2-10(17)8-3-5-9(6-4-8)20-12-13-14-15-16(12)7-11(18)19/h3-6H,2,7H2,1H3,(H,18,19). The first-order valence-electron chi connectivity index (χ1n) is 5.89. The van der Waals surface area contributed by atoms with Crippen molar-refractivity contribution >= 4 is 23.5 Å². The van der Waals surface area contributed by atoms with Crippen molar-refractivity contribution in [1.29, 1.82) is 0 Å². The fraction of sp³-hybridized carbons (Fsp3) is 0.250. The first-order valence-corrected chi connectivity index (χ1v) is 6.71. The molecule has 2 aromatic rings. The largest absolute Gasteiger partial charge is 0.480 e. The molecule has 0 fully saturated rings. The molecule has 1 aromatic heterocycles. The summed E-state index contributed by atoms with van der Waals surface area (Å²) in [6.07, 6.45) is 0.462. The molecule has 0 bridgehead atoms. The lowest BCUT2D eigenvalue weighted by molar-refractivity contribution is -0.138. The van der Waals surface area contributed by atoms with Crippen molar-refractivity contribution in [2.24, 2.45) is 0 Å². The van der Waals surface area contributed by atoms with Gasteiger partial charge in [0.15, 0.2) is 5.78 Å². The van der Waals surface area contributed by atoms with Gasteiger partial charge < -0.3 is 5.11 Å². The highest BCUT2D eigenvalue weighted by molar-refractivity contribution is 7.99. The van der Waals surface area contributed by atoms with Crippen molar-refractivity contribution in [3.63, 3.8) is 0 Å². The fourth-order valence-electron chi connectivity index (χ4n) is 1.52. The van der Waals surface area contributed by atoms with Gasteiger partial charge in [-0.3, -0.25) is 9.59 Å². The van der Waals surface area contributed by atoms with E-state index in [1.165, 1.54) is 16.4 Å². The summed E-state index contributed by atoms with van der Waals surface area (Å²) in [5.41, 5.74) is 0.655. The van der Waals surface area contributed by atoms with Crippen molar-refractivity contribution in [2.75, 3.05) is 0 Å². The Morgan fingerprint density at radius 1 is 1.30 bits per heavy atom. The second-order valence-corrected chi connectivity index (χ2v) is 4.96. The minimum Gasteiger partial charge on any atom is -0.480 e. The Kier molecular flexibility index (Phi) is 4.46. The number of carboxylic acids is 1. The Bertz CT molecular complexity index is 624. The van der Waals surface area contributed by atoms with E-state index >= 15 is 0 Å². The van der Waals surface area contributed by atoms with Crippen LogP contribution in [0.25, 0.3) is 0 Å². The summed E-state index contributed by atoms with van der Waals surface area (Å²) < 4.78 is 1.21. The molecule has 0 spiro atoms. The molecule has 1 heterocycles. The normalized spacial score (nSPS) is 10.4. The van der Waals surface area contributed by atoms with E-state index in [0.717, 1.165) is 4.90 Å². The van der Waals surface area contributed by atoms with Gasteiger partial charge in [-0.2, -0.15) is 0 Å².